The zero-order chi connectivity index (χ0) is 8.72. The van der Waals surface area contributed by atoms with E-state index in [4.69, 9.17) is 5.53 Å². The molecule has 0 amide bonds. The maximum Gasteiger partial charge on any atom is 0.272 e. The van der Waals surface area contributed by atoms with E-state index in [9.17, 15) is 4.79 Å². The fourth-order valence-corrected chi connectivity index (χ4v) is 2.68. The van der Waals surface area contributed by atoms with E-state index in [0.29, 0.717) is 17.6 Å². The highest BCUT2D eigenvalue weighted by molar-refractivity contribution is 5.89. The van der Waals surface area contributed by atoms with E-state index < -0.39 is 0 Å². The average Bonchev–Trinajstić information content (AvgIpc) is 2.60. The van der Waals surface area contributed by atoms with Crippen LogP contribution in [-0.4, -0.2) is 16.3 Å². The van der Waals surface area contributed by atoms with Crippen LogP contribution in [0.3, 0.4) is 0 Å². The fraction of sp³-hybridized carbons (Fsp3) is 0.778. The number of hydrogen-bond donors (Lipinski definition) is 0. The van der Waals surface area contributed by atoms with Crippen LogP contribution in [0.2, 0.25) is 0 Å². The van der Waals surface area contributed by atoms with Gasteiger partial charge in [0.05, 0.1) is 5.92 Å². The van der Waals surface area contributed by atoms with Gasteiger partial charge >= 0.3 is 0 Å². The van der Waals surface area contributed by atoms with Crippen LogP contribution >= 0.6 is 0 Å². The van der Waals surface area contributed by atoms with Gasteiger partial charge in [-0.2, -0.15) is 4.79 Å². The molecule has 2 rings (SSSR count). The Morgan fingerprint density at radius 2 is 2.33 bits per heavy atom. The normalized spacial score (nSPS) is 38.4. The van der Waals surface area contributed by atoms with E-state index >= 15 is 0 Å². The summed E-state index contributed by atoms with van der Waals surface area (Å²) >= 11 is 0. The molecule has 0 aromatic rings. The van der Waals surface area contributed by atoms with Gasteiger partial charge in [0.1, 0.15) is 5.78 Å². The molecule has 0 heterocycles. The van der Waals surface area contributed by atoms with Crippen LogP contribution in [0, 0.1) is 17.8 Å². The van der Waals surface area contributed by atoms with Crippen LogP contribution in [0.15, 0.2) is 0 Å². The molecule has 0 aromatic carbocycles. The minimum Gasteiger partial charge on any atom is -0.362 e. The Bertz CT molecular complexity index is 278. The lowest BCUT2D eigenvalue weighted by molar-refractivity contribution is -0.121. The van der Waals surface area contributed by atoms with Gasteiger partial charge in [0.15, 0.2) is 0 Å². The highest BCUT2D eigenvalue weighted by atomic mass is 16.1. The predicted octanol–water partition coefficient (Wildman–Crippen LogP) is 1.29. The van der Waals surface area contributed by atoms with E-state index in [1.54, 1.807) is 6.92 Å². The molecule has 0 radical (unpaired) electrons. The van der Waals surface area contributed by atoms with Crippen molar-refractivity contribution in [1.82, 2.24) is 0 Å². The summed E-state index contributed by atoms with van der Waals surface area (Å²) in [6.45, 7) is 1.67. The third-order valence-electron chi connectivity index (χ3n) is 3.29. The van der Waals surface area contributed by atoms with Crippen molar-refractivity contribution in [3.05, 3.63) is 5.53 Å². The second kappa shape index (κ2) is 2.53. The monoisotopic (exact) mass is 164 g/mol. The van der Waals surface area contributed by atoms with Gasteiger partial charge in [-0.05, 0) is 25.7 Å². The lowest BCUT2D eigenvalue weighted by Crippen LogP contribution is -2.23. The van der Waals surface area contributed by atoms with Crippen molar-refractivity contribution >= 4 is 11.5 Å². The Morgan fingerprint density at radius 3 is 2.75 bits per heavy atom. The number of carbonyl (C=O) groups is 1. The summed E-state index contributed by atoms with van der Waals surface area (Å²) < 4.78 is 0. The number of fused-ring (bicyclic) bond motifs is 2. The largest absolute Gasteiger partial charge is 0.362 e. The summed E-state index contributed by atoms with van der Waals surface area (Å²) in [5, 5.41) is 0. The Balaban J connectivity index is 2.18. The first kappa shape index (κ1) is 7.69. The molecule has 2 aliphatic carbocycles. The number of rotatable bonds is 1. The number of hydrogen-bond acceptors (Lipinski definition) is 1. The van der Waals surface area contributed by atoms with Gasteiger partial charge in [0.25, 0.3) is 5.71 Å². The van der Waals surface area contributed by atoms with Crippen molar-refractivity contribution in [3.8, 4) is 0 Å². The molecule has 0 aromatic heterocycles. The molecule has 2 saturated carbocycles. The van der Waals surface area contributed by atoms with Crippen LogP contribution in [-0.2, 0) is 4.79 Å². The molecule has 0 spiro atoms. The van der Waals surface area contributed by atoms with Crippen molar-refractivity contribution in [2.24, 2.45) is 17.8 Å². The first-order valence-electron chi connectivity index (χ1n) is 4.43. The summed E-state index contributed by atoms with van der Waals surface area (Å²) in [4.78, 5) is 14.4. The van der Waals surface area contributed by atoms with Crippen LogP contribution in [0.5, 0.6) is 0 Å². The standard InChI is InChI=1S/C9H12N2O/c1-5(12)8-3-7-2-6(8)4-9(7)11-10/h6-8H,2-4H2,1H3. The number of nitrogens with zero attached hydrogens (tertiary/aromatic N) is 2. The van der Waals surface area contributed by atoms with Crippen LogP contribution < -0.4 is 0 Å². The Hall–Kier alpha value is -0.950. The molecular formula is C9H12N2O. The fourth-order valence-electron chi connectivity index (χ4n) is 2.68. The predicted molar refractivity (Wildman–Crippen MR) is 43.6 cm³/mol. The zero-order valence-electron chi connectivity index (χ0n) is 7.16. The molecule has 3 unspecified atom stereocenters. The molecule has 0 N–H and O–H groups in total. The minimum absolute atomic E-state index is 0.250. The van der Waals surface area contributed by atoms with Gasteiger partial charge < -0.3 is 5.53 Å². The van der Waals surface area contributed by atoms with Gasteiger partial charge in [0.2, 0.25) is 0 Å². The molecule has 64 valence electrons. The lowest BCUT2D eigenvalue weighted by atomic mass is 9.85. The summed E-state index contributed by atoms with van der Waals surface area (Å²) in [6.07, 6.45) is 2.81. The molecule has 2 bridgehead atoms. The third kappa shape index (κ3) is 0.935. The second-order valence-electron chi connectivity index (χ2n) is 3.94. The Kier molecular flexibility index (Phi) is 1.62. The van der Waals surface area contributed by atoms with Gasteiger partial charge in [-0.3, -0.25) is 4.79 Å². The maximum absolute atomic E-state index is 11.1. The van der Waals surface area contributed by atoms with Crippen molar-refractivity contribution in [3.63, 3.8) is 0 Å². The van der Waals surface area contributed by atoms with E-state index in [2.05, 4.69) is 4.79 Å². The zero-order valence-corrected chi connectivity index (χ0v) is 7.16. The molecule has 12 heavy (non-hydrogen) atoms. The molecular weight excluding hydrogens is 152 g/mol. The summed E-state index contributed by atoms with van der Waals surface area (Å²) in [5.41, 5.74) is 9.53. The highest BCUT2D eigenvalue weighted by Crippen LogP contribution is 2.46. The molecule has 2 aliphatic rings. The maximum atomic E-state index is 11.1. The van der Waals surface area contributed by atoms with E-state index in [1.165, 1.54) is 0 Å². The minimum atomic E-state index is 0.250. The SMILES string of the molecule is CC(=O)C1CC2CC1CC2=[N+]=[N-]. The van der Waals surface area contributed by atoms with Crippen LogP contribution in [0.25, 0.3) is 5.53 Å². The first-order chi connectivity index (χ1) is 5.72. The average molecular weight is 164 g/mol. The van der Waals surface area contributed by atoms with E-state index in [0.717, 1.165) is 25.0 Å². The second-order valence-corrected chi connectivity index (χ2v) is 3.94. The third-order valence-corrected chi connectivity index (χ3v) is 3.29. The van der Waals surface area contributed by atoms with Crippen molar-refractivity contribution in [2.75, 3.05) is 0 Å². The van der Waals surface area contributed by atoms with Crippen molar-refractivity contribution in [2.45, 2.75) is 26.2 Å². The number of carbonyl (C=O) groups excluding carboxylic acids is 1. The Morgan fingerprint density at radius 1 is 1.58 bits per heavy atom. The number of ketones is 1. The van der Waals surface area contributed by atoms with Crippen LogP contribution in [0.4, 0.5) is 0 Å². The van der Waals surface area contributed by atoms with Gasteiger partial charge in [-0.25, -0.2) is 0 Å². The summed E-state index contributed by atoms with van der Waals surface area (Å²) in [5.74, 6) is 1.42. The molecule has 0 aliphatic heterocycles. The topological polar surface area (TPSA) is 53.5 Å². The smallest absolute Gasteiger partial charge is 0.272 e. The first-order valence-corrected chi connectivity index (χ1v) is 4.43. The van der Waals surface area contributed by atoms with Crippen LogP contribution in [0.1, 0.15) is 26.2 Å². The van der Waals surface area contributed by atoms with E-state index in [-0.39, 0.29) is 5.92 Å². The van der Waals surface area contributed by atoms with Gasteiger partial charge in [0, 0.05) is 12.3 Å². The number of Topliss-reactive ketones (excluding diaryl/α,β-unsaturated/α-hetero) is 1. The highest BCUT2D eigenvalue weighted by Gasteiger charge is 2.49. The quantitative estimate of drug-likeness (QED) is 0.425. The van der Waals surface area contributed by atoms with E-state index in [1.807, 2.05) is 0 Å². The lowest BCUT2D eigenvalue weighted by Gasteiger charge is -2.15. The molecule has 3 atom stereocenters. The van der Waals surface area contributed by atoms with Gasteiger partial charge in [-0.1, -0.05) is 0 Å². The summed E-state index contributed by atoms with van der Waals surface area (Å²) in [7, 11) is 0. The van der Waals surface area contributed by atoms with Crippen molar-refractivity contribution in [1.29, 1.82) is 0 Å². The van der Waals surface area contributed by atoms with Crippen molar-refractivity contribution < 1.29 is 9.58 Å². The van der Waals surface area contributed by atoms with Gasteiger partial charge in [-0.15, -0.1) is 0 Å². The molecule has 2 fully saturated rings. The molecule has 3 heteroatoms. The molecule has 3 nitrogen and oxygen atoms in total. The summed E-state index contributed by atoms with van der Waals surface area (Å²) in [6, 6.07) is 0. The molecule has 0 saturated heterocycles. The Labute approximate surface area is 71.4 Å².